The Bertz CT molecular complexity index is 2560. The van der Waals surface area contributed by atoms with Gasteiger partial charge in [-0.25, -0.2) is 9.97 Å². The van der Waals surface area contributed by atoms with Crippen LogP contribution in [0, 0.1) is 12.3 Å². The molecule has 6 aromatic rings. The number of aromatic nitrogens is 4. The second-order valence-corrected chi connectivity index (χ2v) is 18.6. The number of aromatic amines is 1. The van der Waals surface area contributed by atoms with Gasteiger partial charge in [0.1, 0.15) is 25.3 Å². The summed E-state index contributed by atoms with van der Waals surface area (Å²) in [7, 11) is 0. The number of benzene rings is 2. The Morgan fingerprint density at radius 1 is 0.765 bits per heavy atom. The molecule has 1 fully saturated rings. The second kappa shape index (κ2) is 24.5. The number of nitrogens with zero attached hydrogens (tertiary/aromatic N) is 4. The first-order chi connectivity index (χ1) is 33.0. The molecule has 0 saturated carbocycles. The number of hydrogen-bond donors (Lipinski definition) is 3. The summed E-state index contributed by atoms with van der Waals surface area (Å²) < 4.78 is 33.6. The number of amides is 3. The van der Waals surface area contributed by atoms with Crippen LogP contribution in [0.4, 0.5) is 0 Å². The number of ether oxygens (including phenoxy) is 6. The van der Waals surface area contributed by atoms with Crippen molar-refractivity contribution in [2.75, 3.05) is 79.2 Å². The maximum absolute atomic E-state index is 13.9. The zero-order valence-corrected chi connectivity index (χ0v) is 40.4. The number of pyridine rings is 2. The van der Waals surface area contributed by atoms with Crippen LogP contribution in [-0.2, 0) is 38.1 Å². The molecule has 3 atom stereocenters. The van der Waals surface area contributed by atoms with Gasteiger partial charge in [0, 0.05) is 58.6 Å². The Balaban J connectivity index is 0.688. The highest BCUT2D eigenvalue weighted by molar-refractivity contribution is 7.13. The average Bonchev–Trinajstić information content (AvgIpc) is 4.10. The normalized spacial score (nSPS) is 14.9. The molecular formula is C51H63N7O9S. The lowest BCUT2D eigenvalue weighted by Crippen LogP contribution is -2.58. The summed E-state index contributed by atoms with van der Waals surface area (Å²) >= 11 is 1.60. The third kappa shape index (κ3) is 13.7. The van der Waals surface area contributed by atoms with Gasteiger partial charge in [-0.15, -0.1) is 11.3 Å². The smallest absolute Gasteiger partial charge is 0.246 e. The van der Waals surface area contributed by atoms with E-state index >= 15 is 0 Å². The van der Waals surface area contributed by atoms with E-state index in [0.717, 1.165) is 54.6 Å². The quantitative estimate of drug-likeness (QED) is 0.0496. The minimum absolute atomic E-state index is 0.196. The summed E-state index contributed by atoms with van der Waals surface area (Å²) in [5, 5.41) is 8.22. The predicted molar refractivity (Wildman–Crippen MR) is 261 cm³/mol. The molecule has 1 saturated heterocycles. The second-order valence-electron chi connectivity index (χ2n) is 17.7. The molecule has 16 nitrogen and oxygen atoms in total. The van der Waals surface area contributed by atoms with Gasteiger partial charge < -0.3 is 48.9 Å². The summed E-state index contributed by atoms with van der Waals surface area (Å²) in [4.78, 5) is 59.7. The maximum Gasteiger partial charge on any atom is 0.246 e. The lowest BCUT2D eigenvalue weighted by molar-refractivity contribution is -0.144. The lowest BCUT2D eigenvalue weighted by atomic mass is 9.85. The van der Waals surface area contributed by atoms with E-state index in [4.69, 9.17) is 28.4 Å². The monoisotopic (exact) mass is 949 g/mol. The fourth-order valence-corrected chi connectivity index (χ4v) is 8.84. The molecular weight excluding hydrogens is 887 g/mol. The largest absolute Gasteiger partial charge is 0.475 e. The first-order valence-electron chi connectivity index (χ1n) is 23.2. The fraction of sp³-hybridized carbons (Fsp3) is 0.451. The SMILES string of the molecule is Cc1ncsc1-c1ccc(C(C)NC(=O)C2CCCN2C(=O)C(NC(=O)COCCOCCOCCOCCOCCOc2ccc(-c3ccc4c(c3)[nH]c3ccncc34)cn2)C(C)(C)C)cc1. The summed E-state index contributed by atoms with van der Waals surface area (Å²) in [5.74, 6) is -0.374. The van der Waals surface area contributed by atoms with Crippen LogP contribution in [0.25, 0.3) is 43.4 Å². The topological polar surface area (TPSA) is 188 Å². The van der Waals surface area contributed by atoms with Crippen molar-refractivity contribution in [3.63, 3.8) is 0 Å². The van der Waals surface area contributed by atoms with Crippen molar-refractivity contribution in [3.05, 3.63) is 96.0 Å². The highest BCUT2D eigenvalue weighted by atomic mass is 32.1. The first-order valence-corrected chi connectivity index (χ1v) is 24.1. The van der Waals surface area contributed by atoms with Gasteiger partial charge in [-0.2, -0.15) is 0 Å². The summed E-state index contributed by atoms with van der Waals surface area (Å²) in [6.07, 6.45) is 6.72. The molecule has 4 aromatic heterocycles. The van der Waals surface area contributed by atoms with Crippen molar-refractivity contribution in [1.29, 1.82) is 0 Å². The number of H-pyrrole nitrogens is 1. The van der Waals surface area contributed by atoms with Crippen LogP contribution in [-0.4, -0.2) is 134 Å². The molecule has 5 heterocycles. The van der Waals surface area contributed by atoms with Crippen LogP contribution in [0.1, 0.15) is 57.8 Å². The van der Waals surface area contributed by atoms with Gasteiger partial charge in [0.2, 0.25) is 23.6 Å². The molecule has 1 aliphatic heterocycles. The van der Waals surface area contributed by atoms with Crippen LogP contribution >= 0.6 is 11.3 Å². The highest BCUT2D eigenvalue weighted by Crippen LogP contribution is 2.31. The number of carbonyl (C=O) groups excluding carboxylic acids is 3. The zero-order chi connectivity index (χ0) is 47.9. The predicted octanol–water partition coefficient (Wildman–Crippen LogP) is 7.07. The molecule has 0 radical (unpaired) electrons. The number of likely N-dealkylation sites (tertiary alicyclic amines) is 1. The Kier molecular flexibility index (Phi) is 18.0. The number of hydrogen-bond acceptors (Lipinski definition) is 13. The van der Waals surface area contributed by atoms with Crippen LogP contribution in [0.15, 0.2) is 84.8 Å². The third-order valence-corrected chi connectivity index (χ3v) is 12.7. The van der Waals surface area contributed by atoms with E-state index in [-0.39, 0.29) is 37.7 Å². The van der Waals surface area contributed by atoms with Crippen molar-refractivity contribution in [1.82, 2.24) is 35.5 Å². The first kappa shape index (κ1) is 50.1. The number of nitrogens with one attached hydrogen (secondary N) is 3. The summed E-state index contributed by atoms with van der Waals surface area (Å²) in [6, 6.07) is 18.5. The number of thiazole rings is 1. The van der Waals surface area contributed by atoms with E-state index in [0.29, 0.717) is 78.1 Å². The maximum atomic E-state index is 13.9. The molecule has 1 aliphatic rings. The van der Waals surface area contributed by atoms with Crippen molar-refractivity contribution >= 4 is 50.9 Å². The van der Waals surface area contributed by atoms with Crippen LogP contribution < -0.4 is 15.4 Å². The number of fused-ring (bicyclic) bond motifs is 3. The van der Waals surface area contributed by atoms with E-state index in [9.17, 15) is 14.4 Å². The zero-order valence-electron chi connectivity index (χ0n) is 39.6. The molecule has 0 aliphatic carbocycles. The molecule has 68 heavy (non-hydrogen) atoms. The van der Waals surface area contributed by atoms with Crippen molar-refractivity contribution < 1.29 is 42.8 Å². The molecule has 3 unspecified atom stereocenters. The minimum Gasteiger partial charge on any atom is -0.475 e. The Morgan fingerprint density at radius 3 is 2.07 bits per heavy atom. The summed E-state index contributed by atoms with van der Waals surface area (Å²) in [6.45, 7) is 13.5. The Hall–Kier alpha value is -5.82. The van der Waals surface area contributed by atoms with E-state index in [2.05, 4.69) is 48.8 Å². The highest BCUT2D eigenvalue weighted by Gasteiger charge is 2.42. The number of rotatable bonds is 25. The molecule has 0 spiro atoms. The number of aryl methyl sites for hydroxylation is 1. The summed E-state index contributed by atoms with van der Waals surface area (Å²) in [5.41, 5.74) is 8.43. The van der Waals surface area contributed by atoms with Crippen LogP contribution in [0.3, 0.4) is 0 Å². The molecule has 3 N–H and O–H groups in total. The van der Waals surface area contributed by atoms with Gasteiger partial charge >= 0.3 is 0 Å². The molecule has 17 heteroatoms. The van der Waals surface area contributed by atoms with Gasteiger partial charge in [0.15, 0.2) is 0 Å². The molecule has 7 rings (SSSR count). The van der Waals surface area contributed by atoms with Crippen molar-refractivity contribution in [2.24, 2.45) is 5.41 Å². The van der Waals surface area contributed by atoms with Gasteiger partial charge in [0.05, 0.1) is 81.6 Å². The minimum atomic E-state index is -0.844. The van der Waals surface area contributed by atoms with Gasteiger partial charge in [0.25, 0.3) is 0 Å². The molecule has 3 amide bonds. The van der Waals surface area contributed by atoms with Crippen LogP contribution in [0.5, 0.6) is 5.88 Å². The van der Waals surface area contributed by atoms with Gasteiger partial charge in [-0.3, -0.25) is 19.4 Å². The number of carbonyl (C=O) groups is 3. The standard InChI is InChI=1S/C51H63N7O9S/c1-34(36-8-10-37(11-9-36)47-35(2)54-33-68-47)55-49(60)44-7-6-18-58(44)50(61)48(51(3,4)5)57-45(59)32-66-26-25-64-22-21-62-19-20-63-23-24-65-27-28-67-46-15-13-39(30-53-46)38-12-14-40-41-31-52-17-16-42(41)56-43(40)29-38/h8-17,29-31,33-34,44,48,56H,6-7,18-28,32H2,1-5H3,(H,55,60)(H,57,59). The van der Waals surface area contributed by atoms with E-state index in [1.54, 1.807) is 28.6 Å². The lowest BCUT2D eigenvalue weighted by Gasteiger charge is -2.35. The van der Waals surface area contributed by atoms with E-state index in [1.807, 2.05) is 88.8 Å². The molecule has 0 bridgehead atoms. The van der Waals surface area contributed by atoms with Gasteiger partial charge in [-0.1, -0.05) is 57.2 Å². The van der Waals surface area contributed by atoms with Crippen molar-refractivity contribution in [3.8, 4) is 27.4 Å². The molecule has 362 valence electrons. The third-order valence-electron chi connectivity index (χ3n) is 11.7. The van der Waals surface area contributed by atoms with Crippen molar-refractivity contribution in [2.45, 2.75) is 65.6 Å². The Labute approximate surface area is 401 Å². The van der Waals surface area contributed by atoms with E-state index < -0.39 is 23.4 Å². The Morgan fingerprint density at radius 2 is 1.43 bits per heavy atom. The average molecular weight is 950 g/mol. The van der Waals surface area contributed by atoms with Crippen LogP contribution in [0.2, 0.25) is 0 Å². The van der Waals surface area contributed by atoms with E-state index in [1.165, 1.54) is 0 Å². The molecule has 2 aromatic carbocycles. The fourth-order valence-electron chi connectivity index (χ4n) is 8.03. The van der Waals surface area contributed by atoms with Gasteiger partial charge in [-0.05, 0) is 67.0 Å².